The molecule has 0 spiro atoms. The molecule has 0 radical (unpaired) electrons. The maximum Gasteiger partial charge on any atom is 0.202 e. The second-order valence-electron chi connectivity index (χ2n) is 3.35. The number of ether oxygens (including phenoxy) is 1. The summed E-state index contributed by atoms with van der Waals surface area (Å²) in [4.78, 5) is 0. The van der Waals surface area contributed by atoms with Crippen LogP contribution in [0.1, 0.15) is 19.4 Å². The monoisotopic (exact) mass is 182 g/mol. The second kappa shape index (κ2) is 3.77. The van der Waals surface area contributed by atoms with Crippen LogP contribution in [0.3, 0.4) is 0 Å². The molecule has 0 saturated heterocycles. The van der Waals surface area contributed by atoms with Gasteiger partial charge in [0, 0.05) is 13.8 Å². The summed E-state index contributed by atoms with van der Waals surface area (Å²) in [7, 11) is 0. The topological polar surface area (TPSA) is 49.7 Å². The molecule has 72 valence electrons. The smallest absolute Gasteiger partial charge is 0.202 e. The maximum absolute atomic E-state index is 9.35. The van der Waals surface area contributed by atoms with Crippen molar-refractivity contribution in [2.75, 3.05) is 0 Å². The van der Waals surface area contributed by atoms with Gasteiger partial charge in [-0.15, -0.1) is 0 Å². The van der Waals surface area contributed by atoms with E-state index in [0.29, 0.717) is 5.75 Å². The summed E-state index contributed by atoms with van der Waals surface area (Å²) in [6.07, 6.45) is 0. The van der Waals surface area contributed by atoms with Crippen molar-refractivity contribution in [2.45, 2.75) is 26.2 Å². The van der Waals surface area contributed by atoms with Gasteiger partial charge in [-0.25, -0.2) is 0 Å². The Morgan fingerprint density at radius 2 is 2.08 bits per heavy atom. The molecule has 3 nitrogen and oxygen atoms in total. The van der Waals surface area contributed by atoms with E-state index in [2.05, 4.69) is 0 Å². The lowest BCUT2D eigenvalue weighted by molar-refractivity contribution is -0.104. The number of aliphatic hydroxyl groups excluding tert-OH is 1. The fourth-order valence-electron chi connectivity index (χ4n) is 0.996. The van der Waals surface area contributed by atoms with Gasteiger partial charge in [0.15, 0.2) is 0 Å². The van der Waals surface area contributed by atoms with Crippen molar-refractivity contribution in [1.29, 1.82) is 0 Å². The fraction of sp³-hybridized carbons (Fsp3) is 0.400. The van der Waals surface area contributed by atoms with E-state index in [1.54, 1.807) is 38.1 Å². The van der Waals surface area contributed by atoms with Gasteiger partial charge >= 0.3 is 0 Å². The summed E-state index contributed by atoms with van der Waals surface area (Å²) in [6, 6.07) is 6.99. The van der Waals surface area contributed by atoms with Crippen LogP contribution in [0.2, 0.25) is 0 Å². The van der Waals surface area contributed by atoms with Gasteiger partial charge in [-0.1, -0.05) is 12.1 Å². The number of benzene rings is 1. The van der Waals surface area contributed by atoms with Crippen LogP contribution in [0.25, 0.3) is 0 Å². The lowest BCUT2D eigenvalue weighted by atomic mass is 10.2. The van der Waals surface area contributed by atoms with E-state index in [1.165, 1.54) is 0 Å². The number of hydrogen-bond donors (Lipinski definition) is 2. The highest BCUT2D eigenvalue weighted by Crippen LogP contribution is 2.17. The van der Waals surface area contributed by atoms with Gasteiger partial charge in [0.1, 0.15) is 5.75 Å². The van der Waals surface area contributed by atoms with Crippen LogP contribution >= 0.6 is 0 Å². The van der Waals surface area contributed by atoms with Gasteiger partial charge in [0.05, 0.1) is 6.61 Å². The minimum Gasteiger partial charge on any atom is -0.463 e. The molecule has 0 aromatic heterocycles. The van der Waals surface area contributed by atoms with E-state index < -0.39 is 5.79 Å². The van der Waals surface area contributed by atoms with Crippen LogP contribution in [-0.2, 0) is 6.61 Å². The maximum atomic E-state index is 9.35. The molecule has 13 heavy (non-hydrogen) atoms. The molecule has 0 aliphatic heterocycles. The summed E-state index contributed by atoms with van der Waals surface area (Å²) in [5, 5.41) is 18.2. The standard InChI is InChI=1S/C10H14O3/c1-10(2,12)13-9-5-3-4-8(6-9)7-11/h3-6,11-12H,7H2,1-2H3. The first-order chi connectivity index (χ1) is 6.01. The Balaban J connectivity index is 2.78. The molecular formula is C10H14O3. The molecule has 0 unspecified atom stereocenters. The quantitative estimate of drug-likeness (QED) is 0.692. The summed E-state index contributed by atoms with van der Waals surface area (Å²) in [5.74, 6) is -0.632. The minimum absolute atomic E-state index is 0.0247. The SMILES string of the molecule is CC(C)(O)Oc1cccc(CO)c1. The molecule has 1 rings (SSSR count). The third kappa shape index (κ3) is 3.44. The highest BCUT2D eigenvalue weighted by molar-refractivity contribution is 5.28. The third-order valence-electron chi connectivity index (χ3n) is 1.45. The third-order valence-corrected chi connectivity index (χ3v) is 1.45. The number of aliphatic hydroxyl groups is 2. The molecule has 0 amide bonds. The molecule has 3 heteroatoms. The largest absolute Gasteiger partial charge is 0.463 e. The van der Waals surface area contributed by atoms with Crippen molar-refractivity contribution in [3.05, 3.63) is 29.8 Å². The molecule has 1 aromatic carbocycles. The van der Waals surface area contributed by atoms with E-state index in [0.717, 1.165) is 5.56 Å². The first-order valence-corrected chi connectivity index (χ1v) is 4.12. The van der Waals surface area contributed by atoms with Gasteiger partial charge in [0.2, 0.25) is 5.79 Å². The van der Waals surface area contributed by atoms with E-state index in [1.807, 2.05) is 0 Å². The molecule has 2 N–H and O–H groups in total. The number of hydrogen-bond acceptors (Lipinski definition) is 3. The Kier molecular flexibility index (Phi) is 2.90. The van der Waals surface area contributed by atoms with Crippen LogP contribution in [0.5, 0.6) is 5.75 Å². The predicted octanol–water partition coefficient (Wildman–Crippen LogP) is 1.29. The lowest BCUT2D eigenvalue weighted by Crippen LogP contribution is -2.26. The second-order valence-corrected chi connectivity index (χ2v) is 3.35. The first kappa shape index (κ1) is 10.0. The zero-order chi connectivity index (χ0) is 9.90. The van der Waals surface area contributed by atoms with Crippen molar-refractivity contribution in [1.82, 2.24) is 0 Å². The molecule has 1 aromatic rings. The fourth-order valence-corrected chi connectivity index (χ4v) is 0.996. The van der Waals surface area contributed by atoms with Crippen LogP contribution < -0.4 is 4.74 Å². The first-order valence-electron chi connectivity index (χ1n) is 4.12. The number of rotatable bonds is 3. The Hall–Kier alpha value is -1.06. The van der Waals surface area contributed by atoms with E-state index in [-0.39, 0.29) is 6.61 Å². The van der Waals surface area contributed by atoms with Crippen LogP contribution in [0, 0.1) is 0 Å². The zero-order valence-corrected chi connectivity index (χ0v) is 7.82. The summed E-state index contributed by atoms with van der Waals surface area (Å²) in [5.41, 5.74) is 0.766. The van der Waals surface area contributed by atoms with Crippen LogP contribution in [0.4, 0.5) is 0 Å². The van der Waals surface area contributed by atoms with Gasteiger partial charge in [0.25, 0.3) is 0 Å². The molecule has 0 bridgehead atoms. The van der Waals surface area contributed by atoms with Crippen molar-refractivity contribution in [3.8, 4) is 5.75 Å². The molecule has 0 fully saturated rings. The minimum atomic E-state index is -1.19. The normalized spacial score (nSPS) is 11.4. The predicted molar refractivity (Wildman–Crippen MR) is 49.3 cm³/mol. The molecular weight excluding hydrogens is 168 g/mol. The van der Waals surface area contributed by atoms with Crippen molar-refractivity contribution in [2.24, 2.45) is 0 Å². The average Bonchev–Trinajstić information content (AvgIpc) is 2.01. The zero-order valence-electron chi connectivity index (χ0n) is 7.82. The van der Waals surface area contributed by atoms with Crippen molar-refractivity contribution >= 4 is 0 Å². The Labute approximate surface area is 77.6 Å². The summed E-state index contributed by atoms with van der Waals surface area (Å²) < 4.78 is 5.19. The Bertz CT molecular complexity index is 276. The van der Waals surface area contributed by atoms with Gasteiger partial charge in [-0.3, -0.25) is 0 Å². The molecule has 0 atom stereocenters. The van der Waals surface area contributed by atoms with E-state index in [9.17, 15) is 5.11 Å². The summed E-state index contributed by atoms with van der Waals surface area (Å²) >= 11 is 0. The van der Waals surface area contributed by atoms with Gasteiger partial charge in [-0.2, -0.15) is 0 Å². The van der Waals surface area contributed by atoms with Crippen LogP contribution in [0.15, 0.2) is 24.3 Å². The molecule has 0 aliphatic rings. The highest BCUT2D eigenvalue weighted by atomic mass is 16.6. The van der Waals surface area contributed by atoms with Gasteiger partial charge < -0.3 is 14.9 Å². The lowest BCUT2D eigenvalue weighted by Gasteiger charge is -2.19. The van der Waals surface area contributed by atoms with E-state index in [4.69, 9.17) is 9.84 Å². The molecule has 0 saturated carbocycles. The molecule has 0 aliphatic carbocycles. The van der Waals surface area contributed by atoms with Crippen molar-refractivity contribution < 1.29 is 14.9 Å². The van der Waals surface area contributed by atoms with Crippen molar-refractivity contribution in [3.63, 3.8) is 0 Å². The van der Waals surface area contributed by atoms with Gasteiger partial charge in [-0.05, 0) is 17.7 Å². The van der Waals surface area contributed by atoms with E-state index >= 15 is 0 Å². The molecule has 0 heterocycles. The Morgan fingerprint density at radius 1 is 1.38 bits per heavy atom. The Morgan fingerprint density at radius 3 is 2.62 bits per heavy atom. The van der Waals surface area contributed by atoms with Crippen LogP contribution in [-0.4, -0.2) is 16.0 Å². The summed E-state index contributed by atoms with van der Waals surface area (Å²) in [6.45, 7) is 3.08. The highest BCUT2D eigenvalue weighted by Gasteiger charge is 2.13. The average molecular weight is 182 g/mol.